The minimum atomic E-state index is -0.944. The van der Waals surface area contributed by atoms with Crippen molar-refractivity contribution in [3.05, 3.63) is 27.4 Å². The van der Waals surface area contributed by atoms with Crippen molar-refractivity contribution < 1.29 is 9.90 Å². The Morgan fingerprint density at radius 3 is 2.73 bits per heavy atom. The van der Waals surface area contributed by atoms with Gasteiger partial charge in [0.15, 0.2) is 0 Å². The van der Waals surface area contributed by atoms with Gasteiger partial charge in [0.05, 0.1) is 5.69 Å². The predicted molar refractivity (Wildman–Crippen MR) is 53.0 cm³/mol. The van der Waals surface area contributed by atoms with Gasteiger partial charge in [-0.05, 0) is 26.7 Å². The zero-order chi connectivity index (χ0) is 11.2. The first kappa shape index (κ1) is 9.89. The standard InChI is InChI=1S/C10H12N2O3/c1-5-7-3-4-8(10(14)15)12(7)9(13)6(2)11-5/h8H,3-4H2,1-2H3,(H,14,15). The maximum atomic E-state index is 11.8. The summed E-state index contributed by atoms with van der Waals surface area (Å²) in [7, 11) is 0. The van der Waals surface area contributed by atoms with E-state index >= 15 is 0 Å². The molecule has 1 atom stereocenters. The largest absolute Gasteiger partial charge is 0.480 e. The molecular formula is C10H12N2O3. The van der Waals surface area contributed by atoms with Gasteiger partial charge in [-0.15, -0.1) is 0 Å². The summed E-state index contributed by atoms with van der Waals surface area (Å²) in [4.78, 5) is 26.8. The average molecular weight is 208 g/mol. The number of aliphatic carboxylic acids is 1. The van der Waals surface area contributed by atoms with Gasteiger partial charge in [0, 0.05) is 5.69 Å². The molecule has 1 unspecified atom stereocenters. The van der Waals surface area contributed by atoms with Crippen LogP contribution in [0.25, 0.3) is 0 Å². The lowest BCUT2D eigenvalue weighted by Crippen LogP contribution is -2.30. The molecule has 0 fully saturated rings. The van der Waals surface area contributed by atoms with Crippen molar-refractivity contribution in [2.75, 3.05) is 0 Å². The minimum Gasteiger partial charge on any atom is -0.480 e. The third-order valence-electron chi connectivity index (χ3n) is 2.82. The van der Waals surface area contributed by atoms with E-state index < -0.39 is 12.0 Å². The van der Waals surface area contributed by atoms with Gasteiger partial charge in [0.25, 0.3) is 5.56 Å². The Morgan fingerprint density at radius 2 is 2.13 bits per heavy atom. The summed E-state index contributed by atoms with van der Waals surface area (Å²) in [6.45, 7) is 3.42. The van der Waals surface area contributed by atoms with E-state index in [0.717, 1.165) is 11.4 Å². The number of fused-ring (bicyclic) bond motifs is 1. The Hall–Kier alpha value is -1.65. The molecule has 5 heteroatoms. The first-order chi connectivity index (χ1) is 7.02. The second-order valence-electron chi connectivity index (χ2n) is 3.80. The number of hydrogen-bond donors (Lipinski definition) is 1. The molecule has 5 nitrogen and oxygen atoms in total. The fourth-order valence-electron chi connectivity index (χ4n) is 2.10. The predicted octanol–water partition coefficient (Wildman–Crippen LogP) is 0.432. The summed E-state index contributed by atoms with van der Waals surface area (Å²) in [6, 6.07) is -0.715. The summed E-state index contributed by atoms with van der Waals surface area (Å²) < 4.78 is 1.38. The Kier molecular flexibility index (Phi) is 2.10. The summed E-state index contributed by atoms with van der Waals surface area (Å²) in [5.41, 5.74) is 1.61. The summed E-state index contributed by atoms with van der Waals surface area (Å²) in [5.74, 6) is -0.944. The van der Waals surface area contributed by atoms with E-state index in [1.165, 1.54) is 4.57 Å². The van der Waals surface area contributed by atoms with E-state index in [9.17, 15) is 9.59 Å². The number of aromatic nitrogens is 2. The van der Waals surface area contributed by atoms with E-state index in [4.69, 9.17) is 5.11 Å². The highest BCUT2D eigenvalue weighted by atomic mass is 16.4. The highest BCUT2D eigenvalue weighted by molar-refractivity contribution is 5.72. The van der Waals surface area contributed by atoms with Crippen LogP contribution >= 0.6 is 0 Å². The zero-order valence-corrected chi connectivity index (χ0v) is 8.65. The fourth-order valence-corrected chi connectivity index (χ4v) is 2.10. The Bertz CT molecular complexity index is 490. The minimum absolute atomic E-state index is 0.277. The molecule has 1 aliphatic rings. The van der Waals surface area contributed by atoms with Gasteiger partial charge in [-0.1, -0.05) is 0 Å². The van der Waals surface area contributed by atoms with Gasteiger partial charge < -0.3 is 5.11 Å². The van der Waals surface area contributed by atoms with Crippen molar-refractivity contribution in [3.63, 3.8) is 0 Å². The molecule has 1 aliphatic heterocycles. The molecule has 0 spiro atoms. The molecule has 0 aliphatic carbocycles. The van der Waals surface area contributed by atoms with Crippen LogP contribution in [0, 0.1) is 13.8 Å². The quantitative estimate of drug-likeness (QED) is 0.726. The lowest BCUT2D eigenvalue weighted by atomic mass is 10.2. The third kappa shape index (κ3) is 1.35. The average Bonchev–Trinajstić information content (AvgIpc) is 2.58. The van der Waals surface area contributed by atoms with Crippen molar-refractivity contribution in [2.45, 2.75) is 32.7 Å². The molecule has 0 radical (unpaired) electrons. The Morgan fingerprint density at radius 1 is 1.47 bits per heavy atom. The van der Waals surface area contributed by atoms with Crippen LogP contribution < -0.4 is 5.56 Å². The molecule has 0 aromatic carbocycles. The maximum Gasteiger partial charge on any atom is 0.326 e. The van der Waals surface area contributed by atoms with Gasteiger partial charge in [0.1, 0.15) is 11.7 Å². The van der Waals surface area contributed by atoms with E-state index in [1.54, 1.807) is 6.92 Å². The van der Waals surface area contributed by atoms with Crippen LogP contribution in [0.2, 0.25) is 0 Å². The molecule has 0 amide bonds. The molecule has 0 saturated heterocycles. The highest BCUT2D eigenvalue weighted by Crippen LogP contribution is 2.25. The molecule has 80 valence electrons. The number of nitrogens with zero attached hydrogens (tertiary/aromatic N) is 2. The molecule has 1 N–H and O–H groups in total. The van der Waals surface area contributed by atoms with Crippen LogP contribution in [0.3, 0.4) is 0 Å². The summed E-state index contributed by atoms with van der Waals surface area (Å²) >= 11 is 0. The fraction of sp³-hybridized carbons (Fsp3) is 0.500. The molecule has 1 aromatic heterocycles. The van der Waals surface area contributed by atoms with Crippen LogP contribution in [0.4, 0.5) is 0 Å². The van der Waals surface area contributed by atoms with Gasteiger partial charge in [0.2, 0.25) is 0 Å². The van der Waals surface area contributed by atoms with E-state index in [0.29, 0.717) is 18.5 Å². The van der Waals surface area contributed by atoms with Crippen molar-refractivity contribution in [1.82, 2.24) is 9.55 Å². The van der Waals surface area contributed by atoms with Gasteiger partial charge >= 0.3 is 5.97 Å². The van der Waals surface area contributed by atoms with Crippen LogP contribution in [0.5, 0.6) is 0 Å². The molecule has 15 heavy (non-hydrogen) atoms. The zero-order valence-electron chi connectivity index (χ0n) is 8.65. The van der Waals surface area contributed by atoms with Crippen LogP contribution in [0.15, 0.2) is 4.79 Å². The number of carboxylic acids is 1. The highest BCUT2D eigenvalue weighted by Gasteiger charge is 2.30. The molecule has 0 bridgehead atoms. The molecule has 1 aromatic rings. The number of carbonyl (C=O) groups is 1. The van der Waals surface area contributed by atoms with Crippen molar-refractivity contribution in [1.29, 1.82) is 0 Å². The molecule has 0 saturated carbocycles. The van der Waals surface area contributed by atoms with Crippen molar-refractivity contribution >= 4 is 5.97 Å². The van der Waals surface area contributed by atoms with Crippen LogP contribution in [-0.2, 0) is 11.2 Å². The first-order valence-electron chi connectivity index (χ1n) is 4.83. The van der Waals surface area contributed by atoms with E-state index in [-0.39, 0.29) is 5.56 Å². The van der Waals surface area contributed by atoms with Crippen molar-refractivity contribution in [3.8, 4) is 0 Å². The Labute approximate surface area is 86.4 Å². The Balaban J connectivity index is 2.71. The second kappa shape index (κ2) is 3.18. The van der Waals surface area contributed by atoms with Gasteiger partial charge in [-0.2, -0.15) is 0 Å². The number of carboxylic acid groups (broad SMARTS) is 1. The smallest absolute Gasteiger partial charge is 0.326 e. The maximum absolute atomic E-state index is 11.8. The van der Waals surface area contributed by atoms with E-state index in [1.807, 2.05) is 6.92 Å². The summed E-state index contributed by atoms with van der Waals surface area (Å²) in [6.07, 6.45) is 1.10. The van der Waals surface area contributed by atoms with Crippen LogP contribution in [-0.4, -0.2) is 20.6 Å². The summed E-state index contributed by atoms with van der Waals surface area (Å²) in [5, 5.41) is 8.99. The number of hydrogen-bond acceptors (Lipinski definition) is 3. The normalized spacial score (nSPS) is 18.9. The molecular weight excluding hydrogens is 196 g/mol. The topological polar surface area (TPSA) is 72.2 Å². The van der Waals surface area contributed by atoms with Crippen molar-refractivity contribution in [2.24, 2.45) is 0 Å². The van der Waals surface area contributed by atoms with Gasteiger partial charge in [-0.25, -0.2) is 4.79 Å². The molecule has 2 heterocycles. The van der Waals surface area contributed by atoms with Gasteiger partial charge in [-0.3, -0.25) is 14.3 Å². The number of aryl methyl sites for hydroxylation is 2. The lowest BCUT2D eigenvalue weighted by Gasteiger charge is -2.11. The molecule has 2 rings (SSSR count). The van der Waals surface area contributed by atoms with Crippen LogP contribution in [0.1, 0.15) is 29.5 Å². The monoisotopic (exact) mass is 208 g/mol. The lowest BCUT2D eigenvalue weighted by molar-refractivity contribution is -0.140. The second-order valence-corrected chi connectivity index (χ2v) is 3.80. The third-order valence-corrected chi connectivity index (χ3v) is 2.82. The number of rotatable bonds is 1. The van der Waals surface area contributed by atoms with E-state index in [2.05, 4.69) is 4.98 Å². The first-order valence-corrected chi connectivity index (χ1v) is 4.83. The SMILES string of the molecule is Cc1nc(C)c(=O)n2c1CCC2C(=O)O.